The summed E-state index contributed by atoms with van der Waals surface area (Å²) in [5, 5.41) is 0. The molecule has 0 aromatic heterocycles. The second kappa shape index (κ2) is 7.53. The fraction of sp³-hybridized carbons (Fsp3) is 0.588. The molecule has 0 spiro atoms. The van der Waals surface area contributed by atoms with Crippen molar-refractivity contribution < 1.29 is 0 Å². The Morgan fingerprint density at radius 2 is 1.47 bits per heavy atom. The average molecular weight is 231 g/mol. The molecule has 1 radical (unpaired) electrons. The first-order chi connectivity index (χ1) is 8.15. The molecule has 0 nitrogen and oxygen atoms in total. The van der Waals surface area contributed by atoms with Crippen LogP contribution in [0.5, 0.6) is 0 Å². The number of rotatable bonds is 7. The zero-order valence-corrected chi connectivity index (χ0v) is 12.0. The van der Waals surface area contributed by atoms with Crippen LogP contribution in [0.1, 0.15) is 67.7 Å². The van der Waals surface area contributed by atoms with Crippen molar-refractivity contribution in [2.45, 2.75) is 66.2 Å². The van der Waals surface area contributed by atoms with Gasteiger partial charge in [0.25, 0.3) is 0 Å². The van der Waals surface area contributed by atoms with E-state index in [1.165, 1.54) is 60.8 Å². The zero-order chi connectivity index (χ0) is 12.7. The standard InChI is InChI=1S/C17H27/c1-5-6-7-8-9-10-11-17-15(3)12-14(2)13-16(17)4/h11-13H,5-10H2,1-4H3. The van der Waals surface area contributed by atoms with Crippen LogP contribution < -0.4 is 0 Å². The van der Waals surface area contributed by atoms with Crippen molar-refractivity contribution in [3.8, 4) is 0 Å². The fourth-order valence-electron chi connectivity index (χ4n) is 2.51. The molecule has 0 aliphatic rings. The van der Waals surface area contributed by atoms with E-state index in [0.717, 1.165) is 0 Å². The number of hydrogen-bond acceptors (Lipinski definition) is 0. The van der Waals surface area contributed by atoms with Gasteiger partial charge in [0.2, 0.25) is 0 Å². The van der Waals surface area contributed by atoms with Crippen molar-refractivity contribution in [2.24, 2.45) is 0 Å². The molecule has 1 aromatic carbocycles. The summed E-state index contributed by atoms with van der Waals surface area (Å²) < 4.78 is 0. The first kappa shape index (κ1) is 14.3. The van der Waals surface area contributed by atoms with Gasteiger partial charge in [-0.1, -0.05) is 56.7 Å². The summed E-state index contributed by atoms with van der Waals surface area (Å²) in [5.74, 6) is 0. The minimum Gasteiger partial charge on any atom is -0.0654 e. The fourth-order valence-corrected chi connectivity index (χ4v) is 2.51. The Labute approximate surface area is 107 Å². The summed E-state index contributed by atoms with van der Waals surface area (Å²) in [6.45, 7) is 8.89. The smallest absolute Gasteiger partial charge is 0.00876 e. The third-order valence-electron chi connectivity index (χ3n) is 3.39. The molecule has 17 heavy (non-hydrogen) atoms. The van der Waals surface area contributed by atoms with Gasteiger partial charge in [-0.3, -0.25) is 0 Å². The monoisotopic (exact) mass is 231 g/mol. The van der Waals surface area contributed by atoms with Crippen molar-refractivity contribution in [3.63, 3.8) is 0 Å². The Morgan fingerprint density at radius 1 is 0.882 bits per heavy atom. The van der Waals surface area contributed by atoms with E-state index in [2.05, 4.69) is 46.2 Å². The molecular formula is C17H27. The maximum Gasteiger partial charge on any atom is -0.00876 e. The lowest BCUT2D eigenvalue weighted by Crippen LogP contribution is -1.93. The molecule has 0 aliphatic heterocycles. The van der Waals surface area contributed by atoms with Gasteiger partial charge in [-0.05, 0) is 50.3 Å². The highest BCUT2D eigenvalue weighted by atomic mass is 14.1. The number of unbranched alkanes of at least 4 members (excludes halogenated alkanes) is 5. The minimum atomic E-state index is 1.23. The molecule has 0 heteroatoms. The molecule has 0 amide bonds. The molecule has 1 aromatic rings. The van der Waals surface area contributed by atoms with Gasteiger partial charge in [0, 0.05) is 0 Å². The maximum atomic E-state index is 2.43. The van der Waals surface area contributed by atoms with Crippen molar-refractivity contribution in [1.82, 2.24) is 0 Å². The van der Waals surface area contributed by atoms with Crippen molar-refractivity contribution >= 4 is 0 Å². The Kier molecular flexibility index (Phi) is 6.32. The van der Waals surface area contributed by atoms with Gasteiger partial charge in [-0.2, -0.15) is 0 Å². The summed E-state index contributed by atoms with van der Waals surface area (Å²) in [4.78, 5) is 0. The van der Waals surface area contributed by atoms with Crippen LogP contribution in [0.25, 0.3) is 0 Å². The minimum absolute atomic E-state index is 1.23. The van der Waals surface area contributed by atoms with Crippen molar-refractivity contribution in [1.29, 1.82) is 0 Å². The first-order valence-corrected chi connectivity index (χ1v) is 7.06. The van der Waals surface area contributed by atoms with E-state index >= 15 is 0 Å². The van der Waals surface area contributed by atoms with E-state index in [1.54, 1.807) is 0 Å². The molecule has 0 fully saturated rings. The van der Waals surface area contributed by atoms with Gasteiger partial charge in [0.05, 0.1) is 0 Å². The third kappa shape index (κ3) is 4.93. The molecule has 0 heterocycles. The molecule has 0 N–H and O–H groups in total. The molecule has 0 saturated heterocycles. The SMILES string of the molecule is CCCCCCC[CH]c1c(C)cc(C)cc1C. The molecule has 1 rings (SSSR count). The van der Waals surface area contributed by atoms with E-state index in [1.807, 2.05) is 0 Å². The van der Waals surface area contributed by atoms with E-state index in [9.17, 15) is 0 Å². The van der Waals surface area contributed by atoms with Gasteiger partial charge in [-0.15, -0.1) is 0 Å². The second-order valence-electron chi connectivity index (χ2n) is 5.22. The van der Waals surface area contributed by atoms with Gasteiger partial charge in [-0.25, -0.2) is 0 Å². The van der Waals surface area contributed by atoms with Crippen LogP contribution in [-0.4, -0.2) is 0 Å². The predicted octanol–water partition coefficient (Wildman–Crippen LogP) is 5.52. The van der Waals surface area contributed by atoms with Crippen LogP contribution in [0.2, 0.25) is 0 Å². The van der Waals surface area contributed by atoms with Crippen LogP contribution in [0.15, 0.2) is 12.1 Å². The van der Waals surface area contributed by atoms with Crippen LogP contribution >= 0.6 is 0 Å². The third-order valence-corrected chi connectivity index (χ3v) is 3.39. The molecular weight excluding hydrogens is 204 g/mol. The first-order valence-electron chi connectivity index (χ1n) is 7.06. The quantitative estimate of drug-likeness (QED) is 0.542. The molecule has 0 atom stereocenters. The lowest BCUT2D eigenvalue weighted by molar-refractivity contribution is 0.631. The van der Waals surface area contributed by atoms with Gasteiger partial charge in [0.1, 0.15) is 0 Å². The Morgan fingerprint density at radius 3 is 2.06 bits per heavy atom. The van der Waals surface area contributed by atoms with Gasteiger partial charge >= 0.3 is 0 Å². The van der Waals surface area contributed by atoms with E-state index in [-0.39, 0.29) is 0 Å². The topological polar surface area (TPSA) is 0 Å². The Hall–Kier alpha value is -0.780. The average Bonchev–Trinajstić information content (AvgIpc) is 2.26. The van der Waals surface area contributed by atoms with E-state index in [0.29, 0.717) is 0 Å². The van der Waals surface area contributed by atoms with Crippen molar-refractivity contribution in [3.05, 3.63) is 40.8 Å². The predicted molar refractivity (Wildman–Crippen MR) is 77.4 cm³/mol. The number of aryl methyl sites for hydroxylation is 3. The van der Waals surface area contributed by atoms with Gasteiger partial charge < -0.3 is 0 Å². The summed E-state index contributed by atoms with van der Waals surface area (Å²) in [5.41, 5.74) is 5.69. The molecule has 0 aliphatic carbocycles. The Bertz CT molecular complexity index is 313. The van der Waals surface area contributed by atoms with Crippen LogP contribution in [0.4, 0.5) is 0 Å². The highest BCUT2D eigenvalue weighted by Crippen LogP contribution is 2.20. The molecule has 0 unspecified atom stereocenters. The number of benzene rings is 1. The Balaban J connectivity index is 2.36. The van der Waals surface area contributed by atoms with E-state index < -0.39 is 0 Å². The lowest BCUT2D eigenvalue weighted by Gasteiger charge is -2.10. The van der Waals surface area contributed by atoms with Crippen LogP contribution in [0, 0.1) is 27.2 Å². The zero-order valence-electron chi connectivity index (χ0n) is 12.0. The number of hydrogen-bond donors (Lipinski definition) is 0. The molecule has 0 bridgehead atoms. The summed E-state index contributed by atoms with van der Waals surface area (Å²) >= 11 is 0. The maximum absolute atomic E-state index is 2.43. The highest BCUT2D eigenvalue weighted by Gasteiger charge is 2.03. The summed E-state index contributed by atoms with van der Waals surface area (Å²) in [6, 6.07) is 4.58. The summed E-state index contributed by atoms with van der Waals surface area (Å²) in [7, 11) is 0. The highest BCUT2D eigenvalue weighted by molar-refractivity contribution is 5.41. The second-order valence-corrected chi connectivity index (χ2v) is 5.22. The van der Waals surface area contributed by atoms with Crippen molar-refractivity contribution in [2.75, 3.05) is 0 Å². The lowest BCUT2D eigenvalue weighted by atomic mass is 9.95. The molecule has 0 saturated carbocycles. The van der Waals surface area contributed by atoms with E-state index in [4.69, 9.17) is 0 Å². The molecule has 95 valence electrons. The normalized spacial score (nSPS) is 10.8. The van der Waals surface area contributed by atoms with Crippen LogP contribution in [0.3, 0.4) is 0 Å². The van der Waals surface area contributed by atoms with Gasteiger partial charge in [0.15, 0.2) is 0 Å². The van der Waals surface area contributed by atoms with Crippen LogP contribution in [-0.2, 0) is 0 Å². The summed E-state index contributed by atoms with van der Waals surface area (Å²) in [6.07, 6.45) is 10.5. The largest absolute Gasteiger partial charge is 0.0654 e.